The van der Waals surface area contributed by atoms with Gasteiger partial charge in [0.15, 0.2) is 5.75 Å². The number of ether oxygens (including phenoxy) is 1. The highest BCUT2D eigenvalue weighted by molar-refractivity contribution is 6.30. The van der Waals surface area contributed by atoms with E-state index in [1.807, 2.05) is 0 Å². The maximum absolute atomic E-state index is 12.4. The van der Waals surface area contributed by atoms with E-state index in [4.69, 9.17) is 20.8 Å². The van der Waals surface area contributed by atoms with Crippen molar-refractivity contribution in [1.82, 2.24) is 0 Å². The van der Waals surface area contributed by atoms with Gasteiger partial charge in [-0.15, -0.1) is 0 Å². The summed E-state index contributed by atoms with van der Waals surface area (Å²) in [4.78, 5) is 12.4. The molecule has 0 bridgehead atoms. The molecule has 0 saturated heterocycles. The van der Waals surface area contributed by atoms with Crippen LogP contribution in [0.5, 0.6) is 11.5 Å². The summed E-state index contributed by atoms with van der Waals surface area (Å²) in [6, 6.07) is 11.3. The van der Waals surface area contributed by atoms with Crippen LogP contribution >= 0.6 is 11.6 Å². The van der Waals surface area contributed by atoms with Crippen LogP contribution in [0.25, 0.3) is 11.0 Å². The number of fused-ring (bicyclic) bond motifs is 1. The topological polar surface area (TPSA) is 59.7 Å². The van der Waals surface area contributed by atoms with E-state index in [9.17, 15) is 9.90 Å². The Morgan fingerprint density at radius 2 is 1.90 bits per heavy atom. The van der Waals surface area contributed by atoms with Gasteiger partial charge in [0.05, 0.1) is 12.5 Å². The molecule has 2 aromatic carbocycles. The minimum Gasteiger partial charge on any atom is -0.504 e. The van der Waals surface area contributed by atoms with Crippen LogP contribution in [0.3, 0.4) is 0 Å². The number of hydrogen-bond donors (Lipinski definition) is 1. The molecule has 1 N–H and O–H groups in total. The maximum atomic E-state index is 12.4. The Morgan fingerprint density at radius 3 is 2.57 bits per heavy atom. The largest absolute Gasteiger partial charge is 0.504 e. The van der Waals surface area contributed by atoms with E-state index in [1.165, 1.54) is 7.11 Å². The quantitative estimate of drug-likeness (QED) is 0.742. The van der Waals surface area contributed by atoms with Crippen LogP contribution in [0.15, 0.2) is 46.9 Å². The Morgan fingerprint density at radius 1 is 1.19 bits per heavy atom. The van der Waals surface area contributed by atoms with Crippen molar-refractivity contribution in [3.8, 4) is 11.5 Å². The van der Waals surface area contributed by atoms with Crippen molar-refractivity contribution in [1.29, 1.82) is 0 Å². The molecule has 0 aliphatic rings. The predicted molar refractivity (Wildman–Crippen MR) is 79.3 cm³/mol. The molecule has 0 aliphatic heterocycles. The minimum atomic E-state index is -0.403. The fraction of sp³-hybridized carbons (Fsp3) is 0.0625. The van der Waals surface area contributed by atoms with Gasteiger partial charge in [-0.2, -0.15) is 0 Å². The summed E-state index contributed by atoms with van der Waals surface area (Å²) in [5.41, 5.74) is 0.811. The highest BCUT2D eigenvalue weighted by atomic mass is 35.5. The molecule has 5 heteroatoms. The Balaban J connectivity index is 2.09. The average Bonchev–Trinajstić information content (AvgIpc) is 2.84. The minimum absolute atomic E-state index is 0.0967. The van der Waals surface area contributed by atoms with Crippen molar-refractivity contribution in [2.45, 2.75) is 0 Å². The van der Waals surface area contributed by atoms with Gasteiger partial charge in [-0.3, -0.25) is 4.79 Å². The number of rotatable bonds is 3. The SMILES string of the molecule is COc1ccc2oc(C(=O)c3ccc(Cl)cc3)c(O)c2c1. The second kappa shape index (κ2) is 5.14. The molecule has 0 fully saturated rings. The first-order valence-corrected chi connectivity index (χ1v) is 6.57. The number of carbonyl (C=O) groups excluding carboxylic acids is 1. The molecule has 21 heavy (non-hydrogen) atoms. The Bertz CT molecular complexity index is 818. The summed E-state index contributed by atoms with van der Waals surface area (Å²) in [7, 11) is 1.53. The normalized spacial score (nSPS) is 10.8. The maximum Gasteiger partial charge on any atom is 0.232 e. The second-order valence-electron chi connectivity index (χ2n) is 4.48. The summed E-state index contributed by atoms with van der Waals surface area (Å²) < 4.78 is 10.5. The number of aromatic hydroxyl groups is 1. The highest BCUT2D eigenvalue weighted by Gasteiger charge is 2.21. The third-order valence-electron chi connectivity index (χ3n) is 3.18. The zero-order valence-corrected chi connectivity index (χ0v) is 11.8. The number of halogens is 1. The van der Waals surface area contributed by atoms with Crippen LogP contribution in [0.2, 0.25) is 5.02 Å². The first-order valence-electron chi connectivity index (χ1n) is 6.20. The molecule has 0 spiro atoms. The zero-order valence-electron chi connectivity index (χ0n) is 11.1. The summed E-state index contributed by atoms with van der Waals surface area (Å²) in [6.07, 6.45) is 0. The molecule has 3 rings (SSSR count). The van der Waals surface area contributed by atoms with E-state index in [2.05, 4.69) is 0 Å². The average molecular weight is 303 g/mol. The van der Waals surface area contributed by atoms with E-state index in [-0.39, 0.29) is 11.5 Å². The van der Waals surface area contributed by atoms with Gasteiger partial charge in [-0.05, 0) is 42.5 Å². The van der Waals surface area contributed by atoms with Crippen molar-refractivity contribution in [2.24, 2.45) is 0 Å². The van der Waals surface area contributed by atoms with Crippen molar-refractivity contribution in [3.05, 3.63) is 58.8 Å². The Labute approximate surface area is 125 Å². The molecule has 0 amide bonds. The van der Waals surface area contributed by atoms with Gasteiger partial charge in [0.25, 0.3) is 0 Å². The van der Waals surface area contributed by atoms with Crippen molar-refractivity contribution >= 4 is 28.4 Å². The first kappa shape index (κ1) is 13.5. The molecule has 1 aromatic heterocycles. The van der Waals surface area contributed by atoms with Gasteiger partial charge in [0.2, 0.25) is 11.5 Å². The van der Waals surface area contributed by atoms with Crippen LogP contribution in [0.1, 0.15) is 16.1 Å². The van der Waals surface area contributed by atoms with E-state index >= 15 is 0 Å². The van der Waals surface area contributed by atoms with Crippen LogP contribution in [0.4, 0.5) is 0 Å². The lowest BCUT2D eigenvalue weighted by Crippen LogP contribution is -1.99. The van der Waals surface area contributed by atoms with E-state index in [0.29, 0.717) is 27.3 Å². The van der Waals surface area contributed by atoms with Crippen molar-refractivity contribution in [3.63, 3.8) is 0 Å². The molecule has 0 atom stereocenters. The molecule has 4 nitrogen and oxygen atoms in total. The monoisotopic (exact) mass is 302 g/mol. The fourth-order valence-electron chi connectivity index (χ4n) is 2.08. The molecule has 0 unspecified atom stereocenters. The van der Waals surface area contributed by atoms with E-state index < -0.39 is 5.78 Å². The standard InChI is InChI=1S/C16H11ClO4/c1-20-11-6-7-13-12(8-11)15(19)16(21-13)14(18)9-2-4-10(17)5-3-9/h2-8,19H,1H3. The highest BCUT2D eigenvalue weighted by Crippen LogP contribution is 2.35. The summed E-state index contributed by atoms with van der Waals surface area (Å²) in [6.45, 7) is 0. The number of hydrogen-bond acceptors (Lipinski definition) is 4. The van der Waals surface area contributed by atoms with Crippen LogP contribution in [-0.4, -0.2) is 18.0 Å². The van der Waals surface area contributed by atoms with Gasteiger partial charge in [0, 0.05) is 10.6 Å². The third-order valence-corrected chi connectivity index (χ3v) is 3.43. The summed E-state index contributed by atoms with van der Waals surface area (Å²) >= 11 is 5.79. The fourth-order valence-corrected chi connectivity index (χ4v) is 2.20. The van der Waals surface area contributed by atoms with E-state index in [1.54, 1.807) is 42.5 Å². The van der Waals surface area contributed by atoms with Crippen molar-refractivity contribution in [2.75, 3.05) is 7.11 Å². The molecule has 106 valence electrons. The lowest BCUT2D eigenvalue weighted by atomic mass is 10.1. The summed E-state index contributed by atoms with van der Waals surface area (Å²) in [5, 5.41) is 11.2. The number of ketones is 1. The molecule has 0 aliphatic carbocycles. The smallest absolute Gasteiger partial charge is 0.232 e. The molecule has 1 heterocycles. The number of benzene rings is 2. The number of furan rings is 1. The van der Waals surface area contributed by atoms with Gasteiger partial charge in [-0.25, -0.2) is 0 Å². The Kier molecular flexibility index (Phi) is 3.31. The van der Waals surface area contributed by atoms with Gasteiger partial charge >= 0.3 is 0 Å². The lowest BCUT2D eigenvalue weighted by molar-refractivity contribution is 0.101. The number of methoxy groups -OCH3 is 1. The molecule has 0 saturated carbocycles. The van der Waals surface area contributed by atoms with Gasteiger partial charge < -0.3 is 14.3 Å². The first-order chi connectivity index (χ1) is 10.1. The molecular formula is C16H11ClO4. The lowest BCUT2D eigenvalue weighted by Gasteiger charge is -1.98. The number of carbonyl (C=O) groups is 1. The molecule has 3 aromatic rings. The molecular weight excluding hydrogens is 292 g/mol. The predicted octanol–water partition coefficient (Wildman–Crippen LogP) is 4.03. The van der Waals surface area contributed by atoms with Crippen LogP contribution in [0, 0.1) is 0 Å². The summed E-state index contributed by atoms with van der Waals surface area (Å²) in [5.74, 6) is -0.118. The van der Waals surface area contributed by atoms with Gasteiger partial charge in [-0.1, -0.05) is 11.6 Å². The zero-order chi connectivity index (χ0) is 15.0. The van der Waals surface area contributed by atoms with E-state index in [0.717, 1.165) is 0 Å². The third kappa shape index (κ3) is 2.34. The van der Waals surface area contributed by atoms with Gasteiger partial charge in [0.1, 0.15) is 11.3 Å². The Hall–Kier alpha value is -2.46. The second-order valence-corrected chi connectivity index (χ2v) is 4.91. The molecule has 0 radical (unpaired) electrons. The van der Waals surface area contributed by atoms with Crippen LogP contribution < -0.4 is 4.74 Å². The van der Waals surface area contributed by atoms with Crippen molar-refractivity contribution < 1.29 is 19.1 Å². The van der Waals surface area contributed by atoms with Crippen LogP contribution in [-0.2, 0) is 0 Å².